The molecule has 2 aromatic rings. The normalized spacial score (nSPS) is 10.0. The van der Waals surface area contributed by atoms with Gasteiger partial charge >= 0.3 is 5.69 Å². The summed E-state index contributed by atoms with van der Waals surface area (Å²) in [5.41, 5.74) is 0.0579. The summed E-state index contributed by atoms with van der Waals surface area (Å²) in [5.74, 6) is 0.541. The minimum Gasteiger partial charge on any atom is -0.490 e. The Hall–Kier alpha value is -2.60. The number of rotatable bonds is 5. The molecular formula is C14H10ClNO5. The van der Waals surface area contributed by atoms with Crippen LogP contribution in [-0.4, -0.2) is 18.3 Å². The number of nitro groups is 1. The molecule has 0 N–H and O–H groups in total. The number of hydrogen-bond acceptors (Lipinski definition) is 5. The van der Waals surface area contributed by atoms with Gasteiger partial charge in [-0.2, -0.15) is 0 Å². The molecule has 0 saturated heterocycles. The number of carbonyl (C=O) groups is 1. The van der Waals surface area contributed by atoms with E-state index in [9.17, 15) is 14.9 Å². The van der Waals surface area contributed by atoms with E-state index in [-0.39, 0.29) is 28.5 Å². The lowest BCUT2D eigenvalue weighted by Gasteiger charge is -2.09. The zero-order valence-corrected chi connectivity index (χ0v) is 11.7. The molecule has 6 nitrogen and oxygen atoms in total. The molecule has 0 saturated carbocycles. The highest BCUT2D eigenvalue weighted by Gasteiger charge is 2.16. The van der Waals surface area contributed by atoms with Crippen LogP contribution < -0.4 is 9.47 Å². The van der Waals surface area contributed by atoms with Gasteiger partial charge in [0.25, 0.3) is 0 Å². The van der Waals surface area contributed by atoms with E-state index in [1.165, 1.54) is 37.4 Å². The van der Waals surface area contributed by atoms with E-state index in [1.54, 1.807) is 6.07 Å². The Morgan fingerprint density at radius 1 is 1.19 bits per heavy atom. The van der Waals surface area contributed by atoms with Crippen LogP contribution >= 0.6 is 11.6 Å². The molecule has 0 heterocycles. The zero-order valence-electron chi connectivity index (χ0n) is 10.9. The van der Waals surface area contributed by atoms with Crippen LogP contribution in [0.15, 0.2) is 36.4 Å². The number of aldehydes is 1. The quantitative estimate of drug-likeness (QED) is 0.476. The van der Waals surface area contributed by atoms with Crippen molar-refractivity contribution in [3.05, 3.63) is 57.1 Å². The van der Waals surface area contributed by atoms with Crippen LogP contribution in [0.5, 0.6) is 17.2 Å². The number of halogens is 1. The predicted molar refractivity (Wildman–Crippen MR) is 76.6 cm³/mol. The van der Waals surface area contributed by atoms with Gasteiger partial charge < -0.3 is 9.47 Å². The van der Waals surface area contributed by atoms with E-state index < -0.39 is 4.92 Å². The fraction of sp³-hybridized carbons (Fsp3) is 0.0714. The third-order valence-electron chi connectivity index (χ3n) is 2.68. The minimum atomic E-state index is -0.579. The molecule has 0 aliphatic heterocycles. The summed E-state index contributed by atoms with van der Waals surface area (Å²) in [6.07, 6.45) is 0.615. The molecule has 2 aromatic carbocycles. The lowest BCUT2D eigenvalue weighted by Crippen LogP contribution is -1.95. The monoisotopic (exact) mass is 307 g/mol. The molecule has 0 aliphatic rings. The number of nitrogens with zero attached hydrogens (tertiary/aromatic N) is 1. The van der Waals surface area contributed by atoms with Crippen LogP contribution in [0.2, 0.25) is 5.02 Å². The lowest BCUT2D eigenvalue weighted by molar-refractivity contribution is -0.385. The SMILES string of the molecule is COc1ccc(Oc2cc(Cl)ccc2C=O)cc1[N+](=O)[O-]. The van der Waals surface area contributed by atoms with Crippen LogP contribution in [0.25, 0.3) is 0 Å². The van der Waals surface area contributed by atoms with Crippen LogP contribution in [-0.2, 0) is 0 Å². The van der Waals surface area contributed by atoms with E-state index in [2.05, 4.69) is 0 Å². The summed E-state index contributed by atoms with van der Waals surface area (Å²) in [7, 11) is 1.34. The molecule has 108 valence electrons. The Labute approximate surface area is 125 Å². The Morgan fingerprint density at radius 3 is 2.57 bits per heavy atom. The molecule has 0 fully saturated rings. The van der Waals surface area contributed by atoms with Gasteiger partial charge in [0.1, 0.15) is 11.5 Å². The highest BCUT2D eigenvalue weighted by Crippen LogP contribution is 2.34. The van der Waals surface area contributed by atoms with Crippen LogP contribution in [0.1, 0.15) is 10.4 Å². The van der Waals surface area contributed by atoms with Crippen molar-refractivity contribution in [2.75, 3.05) is 7.11 Å². The first-order chi connectivity index (χ1) is 10.0. The second-order valence-corrected chi connectivity index (χ2v) is 4.43. The van der Waals surface area contributed by atoms with Crippen molar-refractivity contribution >= 4 is 23.6 Å². The molecule has 0 bridgehead atoms. The van der Waals surface area contributed by atoms with E-state index in [0.717, 1.165) is 0 Å². The predicted octanol–water partition coefficient (Wildman–Crippen LogP) is 3.86. The smallest absolute Gasteiger partial charge is 0.314 e. The first kappa shape index (κ1) is 14.8. The number of methoxy groups -OCH3 is 1. The Kier molecular flexibility index (Phi) is 4.39. The number of benzene rings is 2. The Bertz CT molecular complexity index is 702. The largest absolute Gasteiger partial charge is 0.490 e. The maximum atomic E-state index is 11.0. The van der Waals surface area contributed by atoms with Gasteiger partial charge in [-0.25, -0.2) is 0 Å². The summed E-state index contributed by atoms with van der Waals surface area (Å²) >= 11 is 5.85. The lowest BCUT2D eigenvalue weighted by atomic mass is 10.2. The van der Waals surface area contributed by atoms with Gasteiger partial charge in [0.2, 0.25) is 0 Å². The standard InChI is InChI=1S/C14H10ClNO5/c1-20-13-5-4-11(7-12(13)16(18)19)21-14-6-10(15)3-2-9(14)8-17/h2-8H,1H3. The fourth-order valence-corrected chi connectivity index (χ4v) is 1.86. The average molecular weight is 308 g/mol. The molecule has 0 spiro atoms. The molecule has 0 radical (unpaired) electrons. The summed E-state index contributed by atoms with van der Waals surface area (Å²) in [5, 5.41) is 11.3. The van der Waals surface area contributed by atoms with Crippen molar-refractivity contribution in [2.24, 2.45) is 0 Å². The highest BCUT2D eigenvalue weighted by atomic mass is 35.5. The third-order valence-corrected chi connectivity index (χ3v) is 2.91. The van der Waals surface area contributed by atoms with Crippen LogP contribution in [0.3, 0.4) is 0 Å². The maximum Gasteiger partial charge on any atom is 0.314 e. The van der Waals surface area contributed by atoms with Gasteiger partial charge in [-0.15, -0.1) is 0 Å². The van der Waals surface area contributed by atoms with Crippen LogP contribution in [0.4, 0.5) is 5.69 Å². The highest BCUT2D eigenvalue weighted by molar-refractivity contribution is 6.30. The van der Waals surface area contributed by atoms with Crippen LogP contribution in [0, 0.1) is 10.1 Å². The van der Waals surface area contributed by atoms with Gasteiger partial charge in [0, 0.05) is 11.1 Å². The number of hydrogen-bond donors (Lipinski definition) is 0. The Balaban J connectivity index is 2.40. The minimum absolute atomic E-state index is 0.119. The molecule has 0 aromatic heterocycles. The van der Waals surface area contributed by atoms with Gasteiger partial charge in [0.15, 0.2) is 12.0 Å². The second-order valence-electron chi connectivity index (χ2n) is 3.99. The summed E-state index contributed by atoms with van der Waals surface area (Å²) in [6, 6.07) is 8.65. The van der Waals surface area contributed by atoms with Crippen molar-refractivity contribution in [1.82, 2.24) is 0 Å². The van der Waals surface area contributed by atoms with Crippen molar-refractivity contribution < 1.29 is 19.2 Å². The first-order valence-corrected chi connectivity index (χ1v) is 6.18. The number of nitro benzene ring substituents is 1. The second kappa shape index (κ2) is 6.23. The van der Waals surface area contributed by atoms with E-state index in [0.29, 0.717) is 11.3 Å². The van der Waals surface area contributed by atoms with Crippen molar-refractivity contribution in [3.8, 4) is 17.2 Å². The fourth-order valence-electron chi connectivity index (χ4n) is 1.70. The van der Waals surface area contributed by atoms with Gasteiger partial charge in [0.05, 0.1) is 23.7 Å². The van der Waals surface area contributed by atoms with Gasteiger partial charge in [-0.3, -0.25) is 14.9 Å². The first-order valence-electron chi connectivity index (χ1n) is 5.80. The third kappa shape index (κ3) is 3.29. The Morgan fingerprint density at radius 2 is 1.95 bits per heavy atom. The van der Waals surface area contributed by atoms with Gasteiger partial charge in [-0.1, -0.05) is 11.6 Å². The maximum absolute atomic E-state index is 11.0. The summed E-state index contributed by atoms with van der Waals surface area (Å²) < 4.78 is 10.4. The van der Waals surface area contributed by atoms with E-state index >= 15 is 0 Å². The molecule has 2 rings (SSSR count). The molecule has 7 heteroatoms. The number of carbonyl (C=O) groups excluding carboxylic acids is 1. The van der Waals surface area contributed by atoms with Crippen molar-refractivity contribution in [1.29, 1.82) is 0 Å². The average Bonchev–Trinajstić information content (AvgIpc) is 2.47. The van der Waals surface area contributed by atoms with Crippen molar-refractivity contribution in [3.63, 3.8) is 0 Å². The number of ether oxygens (including phenoxy) is 2. The molecule has 21 heavy (non-hydrogen) atoms. The molecular weight excluding hydrogens is 298 g/mol. The molecule has 0 atom stereocenters. The van der Waals surface area contributed by atoms with Gasteiger partial charge in [-0.05, 0) is 24.3 Å². The summed E-state index contributed by atoms with van der Waals surface area (Å²) in [4.78, 5) is 21.3. The molecule has 0 unspecified atom stereocenters. The zero-order chi connectivity index (χ0) is 15.4. The van der Waals surface area contributed by atoms with Crippen molar-refractivity contribution in [2.45, 2.75) is 0 Å². The van der Waals surface area contributed by atoms with E-state index in [4.69, 9.17) is 21.1 Å². The van der Waals surface area contributed by atoms with E-state index in [1.807, 2.05) is 0 Å². The topological polar surface area (TPSA) is 78.7 Å². The molecule has 0 aliphatic carbocycles. The molecule has 0 amide bonds. The summed E-state index contributed by atoms with van der Waals surface area (Å²) in [6.45, 7) is 0.